The van der Waals surface area contributed by atoms with E-state index in [0.717, 1.165) is 33.2 Å². The summed E-state index contributed by atoms with van der Waals surface area (Å²) in [7, 11) is 0. The van der Waals surface area contributed by atoms with Crippen molar-refractivity contribution in [2.45, 2.75) is 25.2 Å². The Labute approximate surface area is 226 Å². The quantitative estimate of drug-likeness (QED) is 0.158. The zero-order chi connectivity index (χ0) is 25.3. The van der Waals surface area contributed by atoms with Crippen LogP contribution in [0.2, 0.25) is 5.02 Å². The Morgan fingerprint density at radius 3 is 2.72 bits per heavy atom. The molecular weight excluding hydrogens is 569 g/mol. The van der Waals surface area contributed by atoms with Gasteiger partial charge in [0.1, 0.15) is 12.4 Å². The standard InChI is InChI=1S/C25H24BrClFN5O2S/c1-2-34-23-13-17(12-21(26)24(23)35-16-18-8-9-19(28)14-22(18)27)15-29-10-11-36-25-30-31-32-33(25)20-6-4-3-5-7-20/h3-9,12-14,29H,2,10-11,15-16H2,1H3. The number of ether oxygens (including phenoxy) is 2. The van der Waals surface area contributed by atoms with Crippen molar-refractivity contribution in [1.82, 2.24) is 25.5 Å². The SMILES string of the molecule is CCOc1cc(CNCCSc2nnnn2-c2ccccc2)cc(Br)c1OCc1ccc(F)cc1Cl. The average molecular weight is 593 g/mol. The van der Waals surface area contributed by atoms with Gasteiger partial charge in [-0.1, -0.05) is 47.6 Å². The molecule has 0 bridgehead atoms. The fourth-order valence-corrected chi connectivity index (χ4v) is 4.98. The molecule has 4 aromatic rings. The molecule has 188 valence electrons. The van der Waals surface area contributed by atoms with E-state index in [9.17, 15) is 4.39 Å². The Kier molecular flexibility index (Phi) is 9.57. The van der Waals surface area contributed by atoms with Crippen LogP contribution in [-0.4, -0.2) is 39.1 Å². The minimum absolute atomic E-state index is 0.190. The van der Waals surface area contributed by atoms with Crippen molar-refractivity contribution >= 4 is 39.3 Å². The molecule has 1 aromatic heterocycles. The highest BCUT2D eigenvalue weighted by atomic mass is 79.9. The molecule has 0 aliphatic carbocycles. The number of para-hydroxylation sites is 1. The van der Waals surface area contributed by atoms with Crippen LogP contribution in [0.4, 0.5) is 4.39 Å². The second-order valence-corrected chi connectivity index (χ2v) is 9.92. The fourth-order valence-electron chi connectivity index (χ4n) is 3.36. The first-order valence-electron chi connectivity index (χ1n) is 11.2. The molecule has 11 heteroatoms. The number of nitrogens with one attached hydrogen (secondary N) is 1. The van der Waals surface area contributed by atoms with Gasteiger partial charge in [-0.15, -0.1) is 5.10 Å². The number of hydrogen-bond acceptors (Lipinski definition) is 7. The van der Waals surface area contributed by atoms with E-state index in [0.29, 0.717) is 35.2 Å². The smallest absolute Gasteiger partial charge is 0.214 e. The first kappa shape index (κ1) is 26.4. The highest BCUT2D eigenvalue weighted by molar-refractivity contribution is 9.10. The Morgan fingerprint density at radius 1 is 1.11 bits per heavy atom. The van der Waals surface area contributed by atoms with E-state index in [1.807, 2.05) is 49.4 Å². The van der Waals surface area contributed by atoms with Crippen molar-refractivity contribution in [3.8, 4) is 17.2 Å². The van der Waals surface area contributed by atoms with E-state index in [4.69, 9.17) is 21.1 Å². The highest BCUT2D eigenvalue weighted by Crippen LogP contribution is 2.38. The van der Waals surface area contributed by atoms with E-state index >= 15 is 0 Å². The van der Waals surface area contributed by atoms with Crippen LogP contribution in [0.25, 0.3) is 5.69 Å². The summed E-state index contributed by atoms with van der Waals surface area (Å²) in [6, 6.07) is 18.0. The molecule has 4 rings (SSSR count). The largest absolute Gasteiger partial charge is 0.490 e. The first-order valence-corrected chi connectivity index (χ1v) is 13.4. The van der Waals surface area contributed by atoms with Gasteiger partial charge >= 0.3 is 0 Å². The summed E-state index contributed by atoms with van der Waals surface area (Å²) in [6.45, 7) is 4.00. The first-order chi connectivity index (χ1) is 17.5. The van der Waals surface area contributed by atoms with Gasteiger partial charge in [0.05, 0.1) is 21.8 Å². The van der Waals surface area contributed by atoms with Crippen molar-refractivity contribution in [1.29, 1.82) is 0 Å². The Bertz CT molecular complexity index is 1290. The van der Waals surface area contributed by atoms with Gasteiger partial charge in [0, 0.05) is 24.4 Å². The van der Waals surface area contributed by atoms with Crippen molar-refractivity contribution in [2.75, 3.05) is 18.9 Å². The third-order valence-corrected chi connectivity index (χ3v) is 6.90. The molecule has 0 aliphatic rings. The molecule has 0 unspecified atom stereocenters. The van der Waals surface area contributed by atoms with Crippen molar-refractivity contribution in [3.05, 3.63) is 87.1 Å². The number of rotatable bonds is 12. The predicted octanol–water partition coefficient (Wildman–Crippen LogP) is 6.08. The third-order valence-electron chi connectivity index (χ3n) is 5.04. The van der Waals surface area contributed by atoms with Gasteiger partial charge in [-0.05, 0) is 75.2 Å². The van der Waals surface area contributed by atoms with Gasteiger partial charge in [-0.3, -0.25) is 0 Å². The normalized spacial score (nSPS) is 11.0. The van der Waals surface area contributed by atoms with Gasteiger partial charge in [0.25, 0.3) is 0 Å². The fraction of sp³-hybridized carbons (Fsp3) is 0.240. The third kappa shape index (κ3) is 6.97. The van der Waals surface area contributed by atoms with Gasteiger partial charge < -0.3 is 14.8 Å². The van der Waals surface area contributed by atoms with Crippen LogP contribution < -0.4 is 14.8 Å². The molecule has 0 radical (unpaired) electrons. The molecule has 0 spiro atoms. The maximum Gasteiger partial charge on any atom is 0.214 e. The Morgan fingerprint density at radius 2 is 1.94 bits per heavy atom. The number of tetrazole rings is 1. The van der Waals surface area contributed by atoms with Crippen LogP contribution in [0.1, 0.15) is 18.1 Å². The number of hydrogen-bond donors (Lipinski definition) is 1. The summed E-state index contributed by atoms with van der Waals surface area (Å²) in [5, 5.41) is 16.5. The van der Waals surface area contributed by atoms with E-state index in [-0.39, 0.29) is 12.4 Å². The van der Waals surface area contributed by atoms with E-state index in [1.165, 1.54) is 12.1 Å². The minimum Gasteiger partial charge on any atom is -0.490 e. The molecule has 0 aliphatic heterocycles. The maximum atomic E-state index is 13.3. The summed E-state index contributed by atoms with van der Waals surface area (Å²) in [4.78, 5) is 0. The van der Waals surface area contributed by atoms with Gasteiger partial charge in [-0.25, -0.2) is 4.39 Å². The number of halogens is 3. The molecule has 7 nitrogen and oxygen atoms in total. The Balaban J connectivity index is 1.32. The zero-order valence-corrected chi connectivity index (χ0v) is 22.6. The molecule has 0 fully saturated rings. The summed E-state index contributed by atoms with van der Waals surface area (Å²) in [5.41, 5.74) is 2.65. The minimum atomic E-state index is -0.384. The monoisotopic (exact) mass is 591 g/mol. The average Bonchev–Trinajstić information content (AvgIpc) is 3.34. The van der Waals surface area contributed by atoms with Crippen LogP contribution in [-0.2, 0) is 13.2 Å². The topological polar surface area (TPSA) is 74.1 Å². The second kappa shape index (κ2) is 13.0. The van der Waals surface area contributed by atoms with Crippen molar-refractivity contribution in [3.63, 3.8) is 0 Å². The maximum absolute atomic E-state index is 13.3. The number of nitrogens with zero attached hydrogens (tertiary/aromatic N) is 4. The van der Waals surface area contributed by atoms with Crippen LogP contribution in [0.15, 0.2) is 70.3 Å². The molecule has 3 aromatic carbocycles. The molecule has 36 heavy (non-hydrogen) atoms. The molecule has 1 N–H and O–H groups in total. The Hall–Kier alpha value is -2.66. The molecule has 0 saturated heterocycles. The van der Waals surface area contributed by atoms with Crippen molar-refractivity contribution < 1.29 is 13.9 Å². The molecular formula is C25H24BrClFN5O2S. The van der Waals surface area contributed by atoms with Gasteiger partial charge in [0.15, 0.2) is 11.5 Å². The lowest BCUT2D eigenvalue weighted by molar-refractivity contribution is 0.267. The summed E-state index contributed by atoms with van der Waals surface area (Å²) < 4.78 is 27.6. The van der Waals surface area contributed by atoms with E-state index < -0.39 is 0 Å². The van der Waals surface area contributed by atoms with Gasteiger partial charge in [-0.2, -0.15) is 4.68 Å². The lowest BCUT2D eigenvalue weighted by atomic mass is 10.2. The summed E-state index contributed by atoms with van der Waals surface area (Å²) in [5.74, 6) is 1.61. The van der Waals surface area contributed by atoms with E-state index in [2.05, 4.69) is 36.8 Å². The molecule has 0 saturated carbocycles. The summed E-state index contributed by atoms with van der Waals surface area (Å²) >= 11 is 11.3. The summed E-state index contributed by atoms with van der Waals surface area (Å²) in [6.07, 6.45) is 0. The van der Waals surface area contributed by atoms with Gasteiger partial charge in [0.2, 0.25) is 5.16 Å². The van der Waals surface area contributed by atoms with Crippen LogP contribution in [0.5, 0.6) is 11.5 Å². The lowest BCUT2D eigenvalue weighted by Gasteiger charge is -2.16. The molecule has 0 amide bonds. The second-order valence-electron chi connectivity index (χ2n) is 7.60. The van der Waals surface area contributed by atoms with Crippen molar-refractivity contribution in [2.24, 2.45) is 0 Å². The molecule has 1 heterocycles. The number of thioether (sulfide) groups is 1. The molecule has 0 atom stereocenters. The predicted molar refractivity (Wildman–Crippen MR) is 143 cm³/mol. The van der Waals surface area contributed by atoms with Crippen LogP contribution >= 0.6 is 39.3 Å². The van der Waals surface area contributed by atoms with Crippen LogP contribution in [0.3, 0.4) is 0 Å². The zero-order valence-electron chi connectivity index (χ0n) is 19.5. The van der Waals surface area contributed by atoms with Crippen LogP contribution in [0, 0.1) is 5.82 Å². The highest BCUT2D eigenvalue weighted by Gasteiger charge is 2.14. The van der Waals surface area contributed by atoms with E-state index in [1.54, 1.807) is 22.5 Å². The number of benzene rings is 3. The number of aromatic nitrogens is 4. The lowest BCUT2D eigenvalue weighted by Crippen LogP contribution is -2.17.